The van der Waals surface area contributed by atoms with Gasteiger partial charge in [0.2, 0.25) is 0 Å². The molecule has 4 rings (SSSR count). The lowest BCUT2D eigenvalue weighted by molar-refractivity contribution is 0.0230. The third-order valence-electron chi connectivity index (χ3n) is 5.93. The van der Waals surface area contributed by atoms with Crippen LogP contribution in [0.2, 0.25) is 0 Å². The lowest BCUT2D eigenvalue weighted by Crippen LogP contribution is -2.39. The number of benzene rings is 1. The summed E-state index contributed by atoms with van der Waals surface area (Å²) in [6.45, 7) is 0.406. The Morgan fingerprint density at radius 1 is 1.17 bits per heavy atom. The molecule has 1 amide bonds. The van der Waals surface area contributed by atoms with Crippen molar-refractivity contribution in [1.29, 1.82) is 0 Å². The summed E-state index contributed by atoms with van der Waals surface area (Å²) in [6.07, 6.45) is 4.77. The number of hydrogen-bond donors (Lipinski definition) is 1. The Morgan fingerprint density at radius 2 is 1.86 bits per heavy atom. The summed E-state index contributed by atoms with van der Waals surface area (Å²) in [5.74, 6) is -0.102. The average Bonchev–Trinajstić information content (AvgIpc) is 3.22. The zero-order valence-corrected chi connectivity index (χ0v) is 20.0. The van der Waals surface area contributed by atoms with Crippen LogP contribution in [0, 0.1) is 0 Å². The Balaban J connectivity index is 1.32. The molecule has 1 saturated carbocycles. The molecule has 1 aromatic carbocycles. The molecule has 188 valence electrons. The second-order valence-electron chi connectivity index (χ2n) is 8.69. The average molecular weight is 508 g/mol. The quantitative estimate of drug-likeness (QED) is 0.442. The molecular formula is C23H27F2N5O4S. The fourth-order valence-corrected chi connectivity index (χ4v) is 4.81. The fourth-order valence-electron chi connectivity index (χ4n) is 4.17. The van der Waals surface area contributed by atoms with Gasteiger partial charge in [-0.3, -0.25) is 4.79 Å². The minimum Gasteiger partial charge on any atom is -0.378 e. The largest absolute Gasteiger partial charge is 0.378 e. The van der Waals surface area contributed by atoms with Crippen molar-refractivity contribution in [3.63, 3.8) is 0 Å². The highest BCUT2D eigenvalue weighted by molar-refractivity contribution is 7.90. The number of carbonyl (C=O) groups is 1. The standard InChI is InChI=1S/C23H27F2N5O4S/c1-35(32,33)12-4-11-34-17-9-7-16(8-10-17)28-22(31)15-13-26-23(27-14-15)30-19-6-3-2-5-18(19)20(29-30)21(24)25/h2-3,5-6,13-14,16-17,21H,4,7-12H2,1H3,(H,28,31). The Bertz CT molecular complexity index is 1270. The number of alkyl halides is 2. The minimum atomic E-state index is -2.98. The molecular weight excluding hydrogens is 480 g/mol. The summed E-state index contributed by atoms with van der Waals surface area (Å²) >= 11 is 0. The second-order valence-corrected chi connectivity index (χ2v) is 10.9. The van der Waals surface area contributed by atoms with Gasteiger partial charge in [0.15, 0.2) is 0 Å². The predicted molar refractivity (Wildman–Crippen MR) is 125 cm³/mol. The van der Waals surface area contributed by atoms with Gasteiger partial charge >= 0.3 is 0 Å². The SMILES string of the molecule is CS(=O)(=O)CCCOC1CCC(NC(=O)c2cnc(-n3nc(C(F)F)c4ccccc43)nc2)CC1. The van der Waals surface area contributed by atoms with E-state index in [-0.39, 0.29) is 41.0 Å². The van der Waals surface area contributed by atoms with Gasteiger partial charge in [0.25, 0.3) is 18.3 Å². The van der Waals surface area contributed by atoms with E-state index in [1.54, 1.807) is 24.3 Å². The van der Waals surface area contributed by atoms with Crippen LogP contribution in [0.4, 0.5) is 8.78 Å². The number of sulfone groups is 1. The molecule has 9 nitrogen and oxygen atoms in total. The number of para-hydroxylation sites is 1. The van der Waals surface area contributed by atoms with Gasteiger partial charge in [-0.1, -0.05) is 18.2 Å². The van der Waals surface area contributed by atoms with Crippen LogP contribution in [0.3, 0.4) is 0 Å². The van der Waals surface area contributed by atoms with Crippen molar-refractivity contribution in [1.82, 2.24) is 25.1 Å². The number of nitrogens with zero attached hydrogens (tertiary/aromatic N) is 4. The summed E-state index contributed by atoms with van der Waals surface area (Å²) in [6, 6.07) is 6.59. The summed E-state index contributed by atoms with van der Waals surface area (Å²) in [5.41, 5.74) is 0.370. The number of fused-ring (bicyclic) bond motifs is 1. The molecule has 0 unspecified atom stereocenters. The third kappa shape index (κ3) is 6.37. The van der Waals surface area contributed by atoms with Crippen molar-refractivity contribution in [2.45, 2.75) is 50.7 Å². The first-order chi connectivity index (χ1) is 16.7. The Labute approximate surface area is 201 Å². The molecule has 1 aliphatic carbocycles. The number of nitrogens with one attached hydrogen (secondary N) is 1. The first-order valence-corrected chi connectivity index (χ1v) is 13.5. The molecule has 1 fully saturated rings. The van der Waals surface area contributed by atoms with Crippen molar-refractivity contribution in [3.8, 4) is 5.95 Å². The van der Waals surface area contributed by atoms with Crippen LogP contribution in [0.25, 0.3) is 16.9 Å². The number of amides is 1. The molecule has 2 heterocycles. The van der Waals surface area contributed by atoms with Gasteiger partial charge in [-0.05, 0) is 38.2 Å². The Morgan fingerprint density at radius 3 is 2.51 bits per heavy atom. The van der Waals surface area contributed by atoms with E-state index in [0.717, 1.165) is 25.7 Å². The van der Waals surface area contributed by atoms with Crippen LogP contribution in [-0.4, -0.2) is 64.8 Å². The summed E-state index contributed by atoms with van der Waals surface area (Å²) in [4.78, 5) is 21.0. The van der Waals surface area contributed by atoms with Crippen LogP contribution >= 0.6 is 0 Å². The van der Waals surface area contributed by atoms with Crippen molar-refractivity contribution in [2.24, 2.45) is 0 Å². The normalized spacial score (nSPS) is 18.7. The van der Waals surface area contributed by atoms with Gasteiger partial charge in [-0.25, -0.2) is 27.2 Å². The van der Waals surface area contributed by atoms with Gasteiger partial charge < -0.3 is 10.1 Å². The van der Waals surface area contributed by atoms with E-state index < -0.39 is 16.3 Å². The van der Waals surface area contributed by atoms with E-state index >= 15 is 0 Å². The zero-order valence-electron chi connectivity index (χ0n) is 19.2. The maximum absolute atomic E-state index is 13.4. The van der Waals surface area contributed by atoms with Gasteiger partial charge in [0.05, 0.1) is 22.9 Å². The van der Waals surface area contributed by atoms with Crippen LogP contribution in [0.15, 0.2) is 36.7 Å². The number of ether oxygens (including phenoxy) is 1. The first kappa shape index (κ1) is 25.1. The molecule has 0 spiro atoms. The molecule has 35 heavy (non-hydrogen) atoms. The predicted octanol–water partition coefficient (Wildman–Crippen LogP) is 3.25. The van der Waals surface area contributed by atoms with Crippen molar-refractivity contribution in [3.05, 3.63) is 47.9 Å². The van der Waals surface area contributed by atoms with Gasteiger partial charge in [0, 0.05) is 36.7 Å². The third-order valence-corrected chi connectivity index (χ3v) is 6.97. The highest BCUT2D eigenvalue weighted by atomic mass is 32.2. The van der Waals surface area contributed by atoms with Crippen molar-refractivity contribution >= 4 is 26.6 Å². The van der Waals surface area contributed by atoms with E-state index in [9.17, 15) is 22.0 Å². The lowest BCUT2D eigenvalue weighted by atomic mass is 9.93. The van der Waals surface area contributed by atoms with E-state index in [1.807, 2.05) is 0 Å². The maximum Gasteiger partial charge on any atom is 0.282 e. The molecule has 3 aromatic rings. The van der Waals surface area contributed by atoms with Crippen LogP contribution < -0.4 is 5.32 Å². The molecule has 1 N–H and O–H groups in total. The number of hydrogen-bond acceptors (Lipinski definition) is 7. The number of rotatable bonds is 9. The van der Waals surface area contributed by atoms with E-state index in [0.29, 0.717) is 23.9 Å². The van der Waals surface area contributed by atoms with Gasteiger partial charge in [0.1, 0.15) is 15.5 Å². The molecule has 2 aromatic heterocycles. The van der Waals surface area contributed by atoms with Crippen molar-refractivity contribution in [2.75, 3.05) is 18.6 Å². The summed E-state index contributed by atoms with van der Waals surface area (Å²) in [5, 5.41) is 7.27. The Hall–Kier alpha value is -2.99. The van der Waals surface area contributed by atoms with Crippen LogP contribution in [-0.2, 0) is 14.6 Å². The van der Waals surface area contributed by atoms with Gasteiger partial charge in [-0.2, -0.15) is 9.78 Å². The fraction of sp³-hybridized carbons (Fsp3) is 0.478. The van der Waals surface area contributed by atoms with Crippen LogP contribution in [0.1, 0.15) is 54.6 Å². The van der Waals surface area contributed by atoms with E-state index in [4.69, 9.17) is 4.74 Å². The minimum absolute atomic E-state index is 0.0123. The second kappa shape index (κ2) is 10.7. The molecule has 0 bridgehead atoms. The smallest absolute Gasteiger partial charge is 0.282 e. The molecule has 12 heteroatoms. The topological polar surface area (TPSA) is 116 Å². The lowest BCUT2D eigenvalue weighted by Gasteiger charge is -2.29. The number of carbonyl (C=O) groups excluding carboxylic acids is 1. The molecule has 0 aliphatic heterocycles. The Kier molecular flexibility index (Phi) is 7.70. The zero-order chi connectivity index (χ0) is 25.0. The number of halogens is 2. The van der Waals surface area contributed by atoms with Crippen molar-refractivity contribution < 1.29 is 26.7 Å². The van der Waals surface area contributed by atoms with E-state index in [1.165, 1.54) is 23.3 Å². The maximum atomic E-state index is 13.4. The molecule has 0 atom stereocenters. The molecule has 0 saturated heterocycles. The first-order valence-electron chi connectivity index (χ1n) is 11.4. The summed E-state index contributed by atoms with van der Waals surface area (Å²) < 4.78 is 56.1. The monoisotopic (exact) mass is 507 g/mol. The molecule has 0 radical (unpaired) electrons. The number of aromatic nitrogens is 4. The van der Waals surface area contributed by atoms with Crippen LogP contribution in [0.5, 0.6) is 0 Å². The summed E-state index contributed by atoms with van der Waals surface area (Å²) in [7, 11) is -2.98. The molecule has 1 aliphatic rings. The van der Waals surface area contributed by atoms with E-state index in [2.05, 4.69) is 20.4 Å². The highest BCUT2D eigenvalue weighted by Crippen LogP contribution is 2.28. The van der Waals surface area contributed by atoms with Gasteiger partial charge in [-0.15, -0.1) is 0 Å². The highest BCUT2D eigenvalue weighted by Gasteiger charge is 2.24.